The molecule has 11 heavy (non-hydrogen) atoms. The van der Waals surface area contributed by atoms with Gasteiger partial charge in [-0.1, -0.05) is 0 Å². The van der Waals surface area contributed by atoms with Crippen LogP contribution in [0.1, 0.15) is 0 Å². The van der Waals surface area contributed by atoms with Gasteiger partial charge < -0.3 is 15.0 Å². The molecule has 5 heteroatoms. The van der Waals surface area contributed by atoms with Crippen molar-refractivity contribution in [3.05, 3.63) is 0 Å². The van der Waals surface area contributed by atoms with Crippen LogP contribution in [0.25, 0.3) is 0 Å². The van der Waals surface area contributed by atoms with Gasteiger partial charge in [-0.15, -0.1) is 0 Å². The molecule has 0 aliphatic carbocycles. The van der Waals surface area contributed by atoms with Crippen molar-refractivity contribution in [2.24, 2.45) is 0 Å². The summed E-state index contributed by atoms with van der Waals surface area (Å²) in [7, 11) is 3.26. The molecule has 1 unspecified atom stereocenters. The maximum absolute atomic E-state index is 11.1. The Kier molecular flexibility index (Phi) is 1.98. The third-order valence-corrected chi connectivity index (χ3v) is 1.41. The molecule has 0 saturated carbocycles. The molecule has 1 fully saturated rings. The van der Waals surface area contributed by atoms with Crippen molar-refractivity contribution < 1.29 is 14.3 Å². The van der Waals surface area contributed by atoms with Crippen molar-refractivity contribution in [2.45, 2.75) is 6.04 Å². The maximum Gasteiger partial charge on any atom is 0.407 e. The Morgan fingerprint density at radius 3 is 2.73 bits per heavy atom. The van der Waals surface area contributed by atoms with E-state index in [0.717, 1.165) is 0 Å². The van der Waals surface area contributed by atoms with Gasteiger partial charge in [-0.25, -0.2) is 4.79 Å². The predicted octanol–water partition coefficient (Wildman–Crippen LogP) is -0.817. The molecular weight excluding hydrogens is 148 g/mol. The first-order valence-corrected chi connectivity index (χ1v) is 3.25. The zero-order valence-electron chi connectivity index (χ0n) is 6.46. The molecule has 1 aliphatic rings. The fourth-order valence-corrected chi connectivity index (χ4v) is 0.829. The minimum atomic E-state index is -0.523. The number of rotatable bonds is 1. The average molecular weight is 158 g/mol. The molecule has 0 aromatic heterocycles. The molecule has 1 rings (SSSR count). The van der Waals surface area contributed by atoms with E-state index in [4.69, 9.17) is 0 Å². The molecule has 0 aromatic rings. The number of carbonyl (C=O) groups is 2. The lowest BCUT2D eigenvalue weighted by atomic mass is 10.3. The summed E-state index contributed by atoms with van der Waals surface area (Å²) in [6.07, 6.45) is -0.523. The van der Waals surface area contributed by atoms with Crippen LogP contribution in [0.15, 0.2) is 0 Å². The van der Waals surface area contributed by atoms with Gasteiger partial charge in [-0.2, -0.15) is 0 Å². The van der Waals surface area contributed by atoms with Crippen molar-refractivity contribution in [3.8, 4) is 0 Å². The normalized spacial score (nSPS) is 22.4. The highest BCUT2D eigenvalue weighted by Gasteiger charge is 2.29. The van der Waals surface area contributed by atoms with Crippen LogP contribution in [0.3, 0.4) is 0 Å². The van der Waals surface area contributed by atoms with Crippen LogP contribution in [0.4, 0.5) is 4.79 Å². The Balaban J connectivity index is 2.50. The van der Waals surface area contributed by atoms with Gasteiger partial charge in [0.2, 0.25) is 5.91 Å². The van der Waals surface area contributed by atoms with Gasteiger partial charge in [0.05, 0.1) is 0 Å². The molecule has 1 aliphatic heterocycles. The van der Waals surface area contributed by atoms with E-state index < -0.39 is 12.1 Å². The van der Waals surface area contributed by atoms with Gasteiger partial charge in [0.25, 0.3) is 0 Å². The zero-order valence-corrected chi connectivity index (χ0v) is 6.46. The molecule has 0 aromatic carbocycles. The summed E-state index contributed by atoms with van der Waals surface area (Å²) in [6, 6.07) is -0.502. The number of cyclic esters (lactones) is 1. The highest BCUT2D eigenvalue weighted by molar-refractivity contribution is 5.87. The Morgan fingerprint density at radius 1 is 1.73 bits per heavy atom. The monoisotopic (exact) mass is 158 g/mol. The van der Waals surface area contributed by atoms with Gasteiger partial charge in [0, 0.05) is 14.1 Å². The number of likely N-dealkylation sites (N-methyl/N-ethyl adjacent to an activating group) is 1. The SMILES string of the molecule is CN(C)C(=O)C1COC(=O)N1. The van der Waals surface area contributed by atoms with Crippen LogP contribution in [0, 0.1) is 0 Å². The Hall–Kier alpha value is -1.26. The fourth-order valence-electron chi connectivity index (χ4n) is 0.829. The number of carbonyl (C=O) groups excluding carboxylic acids is 2. The van der Waals surface area contributed by atoms with Gasteiger partial charge in [0.15, 0.2) is 0 Å². The van der Waals surface area contributed by atoms with Gasteiger partial charge in [-0.05, 0) is 0 Å². The number of amides is 2. The third-order valence-electron chi connectivity index (χ3n) is 1.41. The van der Waals surface area contributed by atoms with Crippen molar-refractivity contribution in [3.63, 3.8) is 0 Å². The average Bonchev–Trinajstić information content (AvgIpc) is 2.34. The van der Waals surface area contributed by atoms with E-state index >= 15 is 0 Å². The largest absolute Gasteiger partial charge is 0.447 e. The highest BCUT2D eigenvalue weighted by atomic mass is 16.6. The summed E-state index contributed by atoms with van der Waals surface area (Å²) in [5, 5.41) is 2.38. The first-order valence-electron chi connectivity index (χ1n) is 3.25. The van der Waals surface area contributed by atoms with Crippen molar-refractivity contribution in [1.82, 2.24) is 10.2 Å². The molecule has 0 bridgehead atoms. The Labute approximate surface area is 64.3 Å². The minimum absolute atomic E-state index is 0.135. The van der Waals surface area contributed by atoms with Gasteiger partial charge in [0.1, 0.15) is 12.6 Å². The number of ether oxygens (including phenoxy) is 1. The van der Waals surface area contributed by atoms with E-state index in [9.17, 15) is 9.59 Å². The van der Waals surface area contributed by atoms with E-state index in [1.807, 2.05) is 0 Å². The third kappa shape index (κ3) is 1.60. The quantitative estimate of drug-likeness (QED) is 0.542. The standard InChI is InChI=1S/C6H10N2O3/c1-8(2)5(9)4-3-11-6(10)7-4/h4H,3H2,1-2H3,(H,7,10). The first kappa shape index (κ1) is 7.84. The summed E-state index contributed by atoms with van der Waals surface area (Å²) < 4.78 is 4.54. The molecule has 1 saturated heterocycles. The maximum atomic E-state index is 11.1. The number of alkyl carbamates (subject to hydrolysis) is 1. The second kappa shape index (κ2) is 2.77. The summed E-state index contributed by atoms with van der Waals surface area (Å²) in [5.41, 5.74) is 0. The first-order chi connectivity index (χ1) is 5.11. The fraction of sp³-hybridized carbons (Fsp3) is 0.667. The highest BCUT2D eigenvalue weighted by Crippen LogP contribution is 1.99. The number of hydrogen-bond donors (Lipinski definition) is 1. The molecule has 2 amide bonds. The lowest BCUT2D eigenvalue weighted by Crippen LogP contribution is -2.42. The van der Waals surface area contributed by atoms with E-state index in [2.05, 4.69) is 10.1 Å². The van der Waals surface area contributed by atoms with Crippen LogP contribution >= 0.6 is 0 Å². The molecule has 1 heterocycles. The molecule has 0 spiro atoms. The van der Waals surface area contributed by atoms with Crippen LogP contribution < -0.4 is 5.32 Å². The predicted molar refractivity (Wildman–Crippen MR) is 37.0 cm³/mol. The van der Waals surface area contributed by atoms with Crippen LogP contribution in [0.5, 0.6) is 0 Å². The molecule has 0 radical (unpaired) electrons. The van der Waals surface area contributed by atoms with Crippen LogP contribution in [0.2, 0.25) is 0 Å². The van der Waals surface area contributed by atoms with E-state index in [1.54, 1.807) is 14.1 Å². The summed E-state index contributed by atoms with van der Waals surface area (Å²) >= 11 is 0. The number of hydrogen-bond acceptors (Lipinski definition) is 3. The van der Waals surface area contributed by atoms with E-state index in [0.29, 0.717) is 0 Å². The lowest BCUT2D eigenvalue weighted by Gasteiger charge is -2.13. The molecular formula is C6H10N2O3. The topological polar surface area (TPSA) is 58.6 Å². The second-order valence-electron chi connectivity index (χ2n) is 2.53. The minimum Gasteiger partial charge on any atom is -0.447 e. The van der Waals surface area contributed by atoms with E-state index in [1.165, 1.54) is 4.90 Å². The number of nitrogens with one attached hydrogen (secondary N) is 1. The van der Waals surface area contributed by atoms with Crippen molar-refractivity contribution >= 4 is 12.0 Å². The summed E-state index contributed by atoms with van der Waals surface area (Å²) in [5.74, 6) is -0.143. The smallest absolute Gasteiger partial charge is 0.407 e. The Bertz CT molecular complexity index is 190. The molecule has 1 atom stereocenters. The number of nitrogens with zero attached hydrogens (tertiary/aromatic N) is 1. The molecule has 62 valence electrons. The summed E-state index contributed by atoms with van der Waals surface area (Å²) in [6.45, 7) is 0.135. The van der Waals surface area contributed by atoms with E-state index in [-0.39, 0.29) is 12.5 Å². The van der Waals surface area contributed by atoms with Gasteiger partial charge >= 0.3 is 6.09 Å². The van der Waals surface area contributed by atoms with Crippen LogP contribution in [-0.2, 0) is 9.53 Å². The van der Waals surface area contributed by atoms with Crippen LogP contribution in [-0.4, -0.2) is 43.6 Å². The second-order valence-corrected chi connectivity index (χ2v) is 2.53. The summed E-state index contributed by atoms with van der Waals surface area (Å²) in [4.78, 5) is 23.0. The van der Waals surface area contributed by atoms with Crippen molar-refractivity contribution in [1.29, 1.82) is 0 Å². The lowest BCUT2D eigenvalue weighted by molar-refractivity contribution is -0.130. The van der Waals surface area contributed by atoms with Gasteiger partial charge in [-0.3, -0.25) is 4.79 Å². The zero-order chi connectivity index (χ0) is 8.43. The molecule has 1 N–H and O–H groups in total. The van der Waals surface area contributed by atoms with Crippen molar-refractivity contribution in [2.75, 3.05) is 20.7 Å². The molecule has 5 nitrogen and oxygen atoms in total. The Morgan fingerprint density at radius 2 is 2.36 bits per heavy atom.